The number of hydrogen-bond donors (Lipinski definition) is 2. The van der Waals surface area contributed by atoms with Crippen molar-refractivity contribution in [3.63, 3.8) is 0 Å². The average molecular weight is 370 g/mol. The fourth-order valence-corrected chi connectivity index (χ4v) is 3.66. The lowest BCUT2D eigenvalue weighted by atomic mass is 9.91. The lowest BCUT2D eigenvalue weighted by Crippen LogP contribution is -2.63. The van der Waals surface area contributed by atoms with Crippen LogP contribution in [-0.2, 0) is 28.5 Å². The molecule has 0 saturated carbocycles. The Labute approximate surface area is 152 Å². The molecule has 0 amide bonds. The Morgan fingerprint density at radius 2 is 1.88 bits per heavy atom. The van der Waals surface area contributed by atoms with Crippen molar-refractivity contribution in [1.82, 2.24) is 0 Å². The van der Waals surface area contributed by atoms with Crippen LogP contribution in [0.5, 0.6) is 0 Å². The standard InChI is InChI=1S/C18H26O8/c1-16(2)23-11-10-22-18(12(19)8-6-5-7-9-13(20)21)15(14(11)24-16)25-17(3,4)26-18/h5-7,9,11-12,14-15,19H,8,10H2,1-4H3,(H,20,21)/b6-5+,9-7+/t11-,12?,14-,15+,18+/m1/s1. The average Bonchev–Trinajstić information content (AvgIpc) is 2.98. The van der Waals surface area contributed by atoms with Gasteiger partial charge in [-0.15, -0.1) is 0 Å². The first-order valence-corrected chi connectivity index (χ1v) is 8.66. The second-order valence-electron chi connectivity index (χ2n) is 7.59. The van der Waals surface area contributed by atoms with E-state index in [4.69, 9.17) is 28.8 Å². The van der Waals surface area contributed by atoms with Gasteiger partial charge in [0.15, 0.2) is 11.6 Å². The molecule has 0 spiro atoms. The molecule has 26 heavy (non-hydrogen) atoms. The normalized spacial score (nSPS) is 39.2. The van der Waals surface area contributed by atoms with Gasteiger partial charge in [0.05, 0.1) is 6.61 Å². The van der Waals surface area contributed by atoms with Gasteiger partial charge in [0.1, 0.15) is 24.4 Å². The van der Waals surface area contributed by atoms with Gasteiger partial charge in [0.25, 0.3) is 0 Å². The fourth-order valence-electron chi connectivity index (χ4n) is 3.66. The summed E-state index contributed by atoms with van der Waals surface area (Å²) in [5.41, 5.74) is 0. The zero-order valence-corrected chi connectivity index (χ0v) is 15.4. The number of ether oxygens (including phenoxy) is 5. The van der Waals surface area contributed by atoms with Crippen molar-refractivity contribution in [2.45, 2.75) is 75.9 Å². The SMILES string of the molecule is CC1(C)O[C@@H]2[C@@H](CO[C@@]3(C(O)C/C=C/C=C/C(=O)O)OC(C)(C)O[C@@H]23)O1. The second-order valence-corrected chi connectivity index (χ2v) is 7.59. The predicted octanol–water partition coefficient (Wildman–Crippen LogP) is 1.33. The monoisotopic (exact) mass is 370 g/mol. The highest BCUT2D eigenvalue weighted by Crippen LogP contribution is 2.49. The van der Waals surface area contributed by atoms with E-state index in [9.17, 15) is 9.90 Å². The fraction of sp³-hybridized carbons (Fsp3) is 0.722. The van der Waals surface area contributed by atoms with E-state index in [0.717, 1.165) is 6.08 Å². The molecule has 8 heteroatoms. The predicted molar refractivity (Wildman–Crippen MR) is 89.1 cm³/mol. The highest BCUT2D eigenvalue weighted by molar-refractivity contribution is 5.80. The van der Waals surface area contributed by atoms with Crippen LogP contribution in [0.1, 0.15) is 34.1 Å². The third-order valence-electron chi connectivity index (χ3n) is 4.52. The minimum absolute atomic E-state index is 0.196. The number of fused-ring (bicyclic) bond motifs is 3. The first-order chi connectivity index (χ1) is 12.0. The van der Waals surface area contributed by atoms with Crippen LogP contribution in [0.25, 0.3) is 0 Å². The summed E-state index contributed by atoms with van der Waals surface area (Å²) in [5, 5.41) is 19.4. The molecular formula is C18H26O8. The van der Waals surface area contributed by atoms with Crippen molar-refractivity contribution in [1.29, 1.82) is 0 Å². The van der Waals surface area contributed by atoms with E-state index in [2.05, 4.69) is 0 Å². The third-order valence-corrected chi connectivity index (χ3v) is 4.52. The molecular weight excluding hydrogens is 344 g/mol. The Morgan fingerprint density at radius 1 is 1.15 bits per heavy atom. The first-order valence-electron chi connectivity index (χ1n) is 8.66. The number of carbonyl (C=O) groups is 1. The van der Waals surface area contributed by atoms with Crippen LogP contribution in [0.4, 0.5) is 0 Å². The molecule has 0 aliphatic carbocycles. The van der Waals surface area contributed by atoms with Gasteiger partial charge in [0, 0.05) is 6.08 Å². The maximum absolute atomic E-state index is 10.8. The van der Waals surface area contributed by atoms with Crippen molar-refractivity contribution in [2.24, 2.45) is 0 Å². The number of hydrogen-bond acceptors (Lipinski definition) is 7. The molecule has 0 aromatic carbocycles. The van der Waals surface area contributed by atoms with Crippen molar-refractivity contribution < 1.29 is 38.7 Å². The van der Waals surface area contributed by atoms with Gasteiger partial charge in [-0.2, -0.15) is 0 Å². The molecule has 3 heterocycles. The van der Waals surface area contributed by atoms with Crippen LogP contribution in [0.3, 0.4) is 0 Å². The van der Waals surface area contributed by atoms with Crippen molar-refractivity contribution >= 4 is 5.97 Å². The molecule has 0 radical (unpaired) electrons. The lowest BCUT2D eigenvalue weighted by Gasteiger charge is -2.43. The molecule has 3 fully saturated rings. The van der Waals surface area contributed by atoms with E-state index in [-0.39, 0.29) is 19.1 Å². The summed E-state index contributed by atoms with van der Waals surface area (Å²) in [4.78, 5) is 10.5. The Morgan fingerprint density at radius 3 is 2.58 bits per heavy atom. The maximum atomic E-state index is 10.8. The van der Waals surface area contributed by atoms with Crippen LogP contribution in [0, 0.1) is 0 Å². The van der Waals surface area contributed by atoms with Crippen LogP contribution < -0.4 is 0 Å². The highest BCUT2D eigenvalue weighted by atomic mass is 16.9. The maximum Gasteiger partial charge on any atom is 0.328 e. The molecule has 5 atom stereocenters. The van der Waals surface area contributed by atoms with E-state index >= 15 is 0 Å². The van der Waals surface area contributed by atoms with E-state index in [1.54, 1.807) is 26.0 Å². The van der Waals surface area contributed by atoms with Crippen molar-refractivity contribution in [3.05, 3.63) is 24.3 Å². The summed E-state index contributed by atoms with van der Waals surface area (Å²) in [6, 6.07) is 0. The molecule has 2 N–H and O–H groups in total. The molecule has 0 aromatic rings. The van der Waals surface area contributed by atoms with Gasteiger partial charge >= 0.3 is 5.97 Å². The molecule has 1 unspecified atom stereocenters. The number of aliphatic hydroxyl groups is 1. The molecule has 3 rings (SSSR count). The van der Waals surface area contributed by atoms with Gasteiger partial charge < -0.3 is 33.9 Å². The van der Waals surface area contributed by atoms with Crippen LogP contribution in [0.2, 0.25) is 0 Å². The minimum Gasteiger partial charge on any atom is -0.478 e. The summed E-state index contributed by atoms with van der Waals surface area (Å²) < 4.78 is 29.8. The van der Waals surface area contributed by atoms with Crippen LogP contribution in [-0.4, -0.2) is 64.6 Å². The van der Waals surface area contributed by atoms with Crippen LogP contribution in [0.15, 0.2) is 24.3 Å². The van der Waals surface area contributed by atoms with Gasteiger partial charge in [-0.3, -0.25) is 0 Å². The molecule has 0 bridgehead atoms. The summed E-state index contributed by atoms with van der Waals surface area (Å²) in [6.07, 6.45) is 3.37. The highest BCUT2D eigenvalue weighted by Gasteiger charge is 2.67. The molecule has 3 aliphatic rings. The van der Waals surface area contributed by atoms with Gasteiger partial charge in [-0.25, -0.2) is 4.79 Å². The summed E-state index contributed by atoms with van der Waals surface area (Å²) in [7, 11) is 0. The largest absolute Gasteiger partial charge is 0.478 e. The number of rotatable bonds is 5. The number of aliphatic hydroxyl groups excluding tert-OH is 1. The summed E-state index contributed by atoms with van der Waals surface area (Å²) in [5.74, 6) is -4.14. The number of allylic oxidation sites excluding steroid dienone is 2. The Balaban J connectivity index is 1.78. The zero-order chi connectivity index (χ0) is 19.2. The van der Waals surface area contributed by atoms with E-state index in [1.165, 1.54) is 6.08 Å². The quantitative estimate of drug-likeness (QED) is 0.552. The molecule has 3 saturated heterocycles. The Hall–Kier alpha value is -1.29. The summed E-state index contributed by atoms with van der Waals surface area (Å²) in [6.45, 7) is 7.36. The van der Waals surface area contributed by atoms with E-state index in [1.807, 2.05) is 13.8 Å². The molecule has 146 valence electrons. The lowest BCUT2D eigenvalue weighted by molar-refractivity contribution is -0.317. The smallest absolute Gasteiger partial charge is 0.328 e. The zero-order valence-electron chi connectivity index (χ0n) is 15.4. The third kappa shape index (κ3) is 3.71. The molecule has 8 nitrogen and oxygen atoms in total. The van der Waals surface area contributed by atoms with Crippen molar-refractivity contribution in [3.8, 4) is 0 Å². The number of carboxylic acids is 1. The van der Waals surface area contributed by atoms with Gasteiger partial charge in [-0.05, 0) is 34.1 Å². The summed E-state index contributed by atoms with van der Waals surface area (Å²) >= 11 is 0. The Kier molecular flexibility index (Phi) is 5.02. The Bertz CT molecular complexity index is 610. The second kappa shape index (κ2) is 6.70. The van der Waals surface area contributed by atoms with E-state index in [0.29, 0.717) is 0 Å². The molecule has 0 aromatic heterocycles. The number of aliphatic carboxylic acids is 1. The van der Waals surface area contributed by atoms with Crippen LogP contribution >= 0.6 is 0 Å². The van der Waals surface area contributed by atoms with E-state index < -0.39 is 41.6 Å². The van der Waals surface area contributed by atoms with Gasteiger partial charge in [-0.1, -0.05) is 18.2 Å². The van der Waals surface area contributed by atoms with Gasteiger partial charge in [0.2, 0.25) is 5.79 Å². The number of carboxylic acid groups (broad SMARTS) is 1. The molecule has 3 aliphatic heterocycles. The first kappa shape index (κ1) is 19.5. The topological polar surface area (TPSA) is 104 Å². The van der Waals surface area contributed by atoms with Crippen molar-refractivity contribution in [2.75, 3.05) is 6.61 Å². The minimum atomic E-state index is -1.38.